The number of carboxylic acids is 1. The number of carbonyl (C=O) groups excluding carboxylic acids is 1. The second kappa shape index (κ2) is 8.18. The Balaban J connectivity index is 2.43. The first-order valence-corrected chi connectivity index (χ1v) is 7.61. The predicted octanol–water partition coefficient (Wildman–Crippen LogP) is 2.96. The minimum absolute atomic E-state index is 0.0537. The highest BCUT2D eigenvalue weighted by atomic mass is 16.4. The maximum absolute atomic E-state index is 12.2. The summed E-state index contributed by atoms with van der Waals surface area (Å²) < 4.78 is 0. The molecule has 0 spiro atoms. The monoisotopic (exact) mass is 269 g/mol. The fraction of sp³-hybridized carbons (Fsp3) is 0.867. The molecule has 0 saturated heterocycles. The molecule has 3 unspecified atom stereocenters. The zero-order chi connectivity index (χ0) is 14.3. The van der Waals surface area contributed by atoms with Gasteiger partial charge in [0.2, 0.25) is 5.91 Å². The molecule has 1 rings (SSSR count). The number of amides is 1. The maximum atomic E-state index is 12.2. The summed E-state index contributed by atoms with van der Waals surface area (Å²) in [5.41, 5.74) is 0. The van der Waals surface area contributed by atoms with E-state index in [1.54, 1.807) is 0 Å². The lowest BCUT2D eigenvalue weighted by Gasteiger charge is -2.28. The van der Waals surface area contributed by atoms with Gasteiger partial charge in [-0.15, -0.1) is 0 Å². The normalized spacial score (nSPS) is 24.7. The van der Waals surface area contributed by atoms with Gasteiger partial charge in [0.1, 0.15) is 0 Å². The van der Waals surface area contributed by atoms with Crippen LogP contribution in [0, 0.1) is 11.8 Å². The molecule has 4 nitrogen and oxygen atoms in total. The van der Waals surface area contributed by atoms with E-state index in [2.05, 4.69) is 12.2 Å². The number of hydrogen-bond donors (Lipinski definition) is 2. The van der Waals surface area contributed by atoms with E-state index in [0.29, 0.717) is 6.42 Å². The van der Waals surface area contributed by atoms with Crippen molar-refractivity contribution < 1.29 is 14.7 Å². The van der Waals surface area contributed by atoms with Crippen LogP contribution < -0.4 is 5.32 Å². The molecule has 110 valence electrons. The molecule has 3 atom stereocenters. The summed E-state index contributed by atoms with van der Waals surface area (Å²) >= 11 is 0. The van der Waals surface area contributed by atoms with Gasteiger partial charge in [0, 0.05) is 12.0 Å². The van der Waals surface area contributed by atoms with E-state index in [9.17, 15) is 9.59 Å². The van der Waals surface area contributed by atoms with Crippen LogP contribution in [0.2, 0.25) is 0 Å². The van der Waals surface area contributed by atoms with E-state index in [-0.39, 0.29) is 23.8 Å². The van der Waals surface area contributed by atoms with E-state index in [4.69, 9.17) is 5.11 Å². The van der Waals surface area contributed by atoms with E-state index in [1.807, 2.05) is 6.92 Å². The summed E-state index contributed by atoms with van der Waals surface area (Å²) in [4.78, 5) is 23.2. The number of carboxylic acid groups (broad SMARTS) is 1. The standard InChI is InChI=1S/C15H27NO3/c1-3-5-7-11(4-2)14(17)16-13-9-6-8-12(10-13)15(18)19/h11-13H,3-10H2,1-2H3,(H,16,17)(H,18,19). The molecule has 1 saturated carbocycles. The van der Waals surface area contributed by atoms with Crippen LogP contribution >= 0.6 is 0 Å². The summed E-state index contributed by atoms with van der Waals surface area (Å²) in [6.45, 7) is 4.17. The van der Waals surface area contributed by atoms with Gasteiger partial charge in [0.05, 0.1) is 5.92 Å². The van der Waals surface area contributed by atoms with Gasteiger partial charge >= 0.3 is 5.97 Å². The van der Waals surface area contributed by atoms with Crippen LogP contribution in [0.25, 0.3) is 0 Å². The molecule has 1 amide bonds. The lowest BCUT2D eigenvalue weighted by molar-refractivity contribution is -0.143. The van der Waals surface area contributed by atoms with Crippen LogP contribution in [0.5, 0.6) is 0 Å². The number of carbonyl (C=O) groups is 2. The van der Waals surface area contributed by atoms with Gasteiger partial charge in [-0.3, -0.25) is 9.59 Å². The Hall–Kier alpha value is -1.06. The average Bonchev–Trinajstić information content (AvgIpc) is 2.40. The maximum Gasteiger partial charge on any atom is 0.306 e. The van der Waals surface area contributed by atoms with Gasteiger partial charge < -0.3 is 10.4 Å². The molecular formula is C15H27NO3. The van der Waals surface area contributed by atoms with Crippen LogP contribution in [0.4, 0.5) is 0 Å². The molecule has 0 aliphatic heterocycles. The van der Waals surface area contributed by atoms with Gasteiger partial charge in [0.25, 0.3) is 0 Å². The summed E-state index contributed by atoms with van der Waals surface area (Å²) in [7, 11) is 0. The molecule has 1 aliphatic carbocycles. The quantitative estimate of drug-likeness (QED) is 0.746. The van der Waals surface area contributed by atoms with Crippen molar-refractivity contribution in [3.05, 3.63) is 0 Å². The molecule has 1 aliphatic rings. The summed E-state index contributed by atoms with van der Waals surface area (Å²) in [6, 6.07) is 0.0537. The largest absolute Gasteiger partial charge is 0.481 e. The van der Waals surface area contributed by atoms with Crippen molar-refractivity contribution in [3.8, 4) is 0 Å². The van der Waals surface area contributed by atoms with Gasteiger partial charge in [0.15, 0.2) is 0 Å². The highest BCUT2D eigenvalue weighted by Gasteiger charge is 2.28. The van der Waals surface area contributed by atoms with Crippen LogP contribution in [-0.4, -0.2) is 23.0 Å². The SMILES string of the molecule is CCCCC(CC)C(=O)NC1CCCC(C(=O)O)C1. The number of nitrogens with one attached hydrogen (secondary N) is 1. The lowest BCUT2D eigenvalue weighted by Crippen LogP contribution is -2.42. The summed E-state index contributed by atoms with van der Waals surface area (Å²) in [5.74, 6) is -0.802. The third-order valence-corrected chi connectivity index (χ3v) is 4.14. The molecule has 0 bridgehead atoms. The highest BCUT2D eigenvalue weighted by Crippen LogP contribution is 2.25. The van der Waals surface area contributed by atoms with Crippen LogP contribution in [0.15, 0.2) is 0 Å². The van der Waals surface area contributed by atoms with Crippen molar-refractivity contribution >= 4 is 11.9 Å². The molecule has 0 aromatic rings. The van der Waals surface area contributed by atoms with Crippen molar-refractivity contribution in [1.29, 1.82) is 0 Å². The van der Waals surface area contributed by atoms with Crippen LogP contribution in [-0.2, 0) is 9.59 Å². The molecule has 0 heterocycles. The minimum atomic E-state index is -0.725. The van der Waals surface area contributed by atoms with Crippen molar-refractivity contribution in [1.82, 2.24) is 5.32 Å². The molecule has 0 aromatic carbocycles. The third-order valence-electron chi connectivity index (χ3n) is 4.14. The topological polar surface area (TPSA) is 66.4 Å². The Kier molecular flexibility index (Phi) is 6.89. The number of hydrogen-bond acceptors (Lipinski definition) is 2. The van der Waals surface area contributed by atoms with Gasteiger partial charge in [-0.25, -0.2) is 0 Å². The zero-order valence-corrected chi connectivity index (χ0v) is 12.2. The predicted molar refractivity (Wildman–Crippen MR) is 74.8 cm³/mol. The molecule has 0 radical (unpaired) electrons. The molecule has 0 aromatic heterocycles. The first-order valence-electron chi connectivity index (χ1n) is 7.61. The first kappa shape index (κ1) is 16.0. The first-order chi connectivity index (χ1) is 9.08. The Labute approximate surface area is 116 Å². The van der Waals surface area contributed by atoms with Crippen LogP contribution in [0.3, 0.4) is 0 Å². The summed E-state index contributed by atoms with van der Waals surface area (Å²) in [6.07, 6.45) is 7.13. The van der Waals surface area contributed by atoms with E-state index < -0.39 is 5.97 Å². The fourth-order valence-corrected chi connectivity index (χ4v) is 2.84. The lowest BCUT2D eigenvalue weighted by atomic mass is 9.85. The van der Waals surface area contributed by atoms with E-state index in [0.717, 1.165) is 44.9 Å². The average molecular weight is 269 g/mol. The third kappa shape index (κ3) is 5.21. The Morgan fingerprint density at radius 1 is 1.32 bits per heavy atom. The smallest absolute Gasteiger partial charge is 0.306 e. The number of rotatable bonds is 7. The Morgan fingerprint density at radius 2 is 2.05 bits per heavy atom. The molecule has 4 heteroatoms. The molecular weight excluding hydrogens is 242 g/mol. The van der Waals surface area contributed by atoms with Gasteiger partial charge in [-0.2, -0.15) is 0 Å². The fourth-order valence-electron chi connectivity index (χ4n) is 2.84. The number of unbranched alkanes of at least 4 members (excludes halogenated alkanes) is 1. The van der Waals surface area contributed by atoms with Crippen molar-refractivity contribution in [2.75, 3.05) is 0 Å². The van der Waals surface area contributed by atoms with Crippen molar-refractivity contribution in [2.45, 2.75) is 71.3 Å². The zero-order valence-electron chi connectivity index (χ0n) is 12.2. The Morgan fingerprint density at radius 3 is 2.63 bits per heavy atom. The van der Waals surface area contributed by atoms with Gasteiger partial charge in [-0.1, -0.05) is 33.1 Å². The molecule has 19 heavy (non-hydrogen) atoms. The van der Waals surface area contributed by atoms with E-state index in [1.165, 1.54) is 0 Å². The second-order valence-electron chi connectivity index (χ2n) is 5.65. The number of aliphatic carboxylic acids is 1. The molecule has 1 fully saturated rings. The van der Waals surface area contributed by atoms with E-state index >= 15 is 0 Å². The van der Waals surface area contributed by atoms with Gasteiger partial charge in [-0.05, 0) is 32.1 Å². The van der Waals surface area contributed by atoms with Crippen molar-refractivity contribution in [2.24, 2.45) is 11.8 Å². The highest BCUT2D eigenvalue weighted by molar-refractivity contribution is 5.79. The Bertz CT molecular complexity index is 304. The minimum Gasteiger partial charge on any atom is -0.481 e. The second-order valence-corrected chi connectivity index (χ2v) is 5.65. The summed E-state index contributed by atoms with van der Waals surface area (Å²) in [5, 5.41) is 12.1. The van der Waals surface area contributed by atoms with Crippen LogP contribution in [0.1, 0.15) is 65.2 Å². The molecule has 2 N–H and O–H groups in total. The van der Waals surface area contributed by atoms with Crippen molar-refractivity contribution in [3.63, 3.8) is 0 Å².